The van der Waals surface area contributed by atoms with Crippen molar-refractivity contribution < 1.29 is 14.4 Å². The van der Waals surface area contributed by atoms with Gasteiger partial charge in [0.2, 0.25) is 0 Å². The van der Waals surface area contributed by atoms with Crippen LogP contribution in [-0.2, 0) is 9.63 Å². The Kier molecular flexibility index (Phi) is 4.59. The predicted molar refractivity (Wildman–Crippen MR) is 96.4 cm³/mol. The third-order valence-electron chi connectivity index (χ3n) is 4.30. The Hall–Kier alpha value is -2.66. The molecule has 0 amide bonds. The molecule has 0 aliphatic carbocycles. The van der Waals surface area contributed by atoms with Gasteiger partial charge in [-0.1, -0.05) is 53.6 Å². The van der Waals surface area contributed by atoms with Crippen molar-refractivity contribution in [1.29, 1.82) is 0 Å². The number of hydrogen-bond acceptors (Lipinski definition) is 5. The van der Waals surface area contributed by atoms with Gasteiger partial charge in [0.05, 0.1) is 18.4 Å². The van der Waals surface area contributed by atoms with Gasteiger partial charge in [-0.2, -0.15) is 0 Å². The van der Waals surface area contributed by atoms with E-state index in [0.717, 1.165) is 16.8 Å². The van der Waals surface area contributed by atoms with Gasteiger partial charge in [-0.15, -0.1) is 0 Å². The molecule has 5 heteroatoms. The van der Waals surface area contributed by atoms with E-state index in [-0.39, 0.29) is 5.97 Å². The summed E-state index contributed by atoms with van der Waals surface area (Å²) in [7, 11) is 1.62. The average Bonchev–Trinajstić information content (AvgIpc) is 2.86. The predicted octanol–water partition coefficient (Wildman–Crippen LogP) is 3.76. The Morgan fingerprint density at radius 3 is 2.36 bits per heavy atom. The first-order valence-electron chi connectivity index (χ1n) is 8.19. The van der Waals surface area contributed by atoms with Crippen LogP contribution in [0.15, 0.2) is 59.6 Å². The van der Waals surface area contributed by atoms with Crippen molar-refractivity contribution in [3.05, 3.63) is 65.7 Å². The smallest absolute Gasteiger partial charge is 0.322 e. The van der Waals surface area contributed by atoms with Gasteiger partial charge >= 0.3 is 5.97 Å². The lowest BCUT2D eigenvalue weighted by atomic mass is 9.93. The molecule has 0 unspecified atom stereocenters. The maximum atomic E-state index is 11.7. The van der Waals surface area contributed by atoms with Gasteiger partial charge in [-0.05, 0) is 25.5 Å². The molecule has 1 aliphatic heterocycles. The Morgan fingerprint density at radius 1 is 1.08 bits per heavy atom. The van der Waals surface area contributed by atoms with E-state index in [2.05, 4.69) is 0 Å². The van der Waals surface area contributed by atoms with E-state index < -0.39 is 11.7 Å². The number of nitrogens with zero attached hydrogens (tertiary/aromatic N) is 2. The van der Waals surface area contributed by atoms with Crippen LogP contribution >= 0.6 is 0 Å². The molecule has 5 nitrogen and oxygen atoms in total. The lowest BCUT2D eigenvalue weighted by Gasteiger charge is -2.33. The maximum absolute atomic E-state index is 11.7. The van der Waals surface area contributed by atoms with Gasteiger partial charge in [0.25, 0.3) is 0 Å². The van der Waals surface area contributed by atoms with E-state index in [1.165, 1.54) is 6.92 Å². The lowest BCUT2D eigenvalue weighted by Crippen LogP contribution is -2.47. The first-order chi connectivity index (χ1) is 11.9. The summed E-state index contributed by atoms with van der Waals surface area (Å²) in [4.78, 5) is 22.2. The summed E-state index contributed by atoms with van der Waals surface area (Å²) in [6.45, 7) is 5.39. The van der Waals surface area contributed by atoms with Crippen LogP contribution in [0.25, 0.3) is 0 Å². The third-order valence-corrected chi connectivity index (χ3v) is 4.30. The molecular formula is C20H22N2O3. The highest BCUT2D eigenvalue weighted by Gasteiger charge is 2.47. The molecule has 1 heterocycles. The molecule has 0 saturated carbocycles. The van der Waals surface area contributed by atoms with E-state index in [0.29, 0.717) is 5.75 Å². The fourth-order valence-electron chi connectivity index (χ4n) is 3.14. The maximum Gasteiger partial charge on any atom is 0.322 e. The van der Waals surface area contributed by atoms with E-state index in [9.17, 15) is 4.79 Å². The van der Waals surface area contributed by atoms with E-state index in [1.807, 2.05) is 68.4 Å². The van der Waals surface area contributed by atoms with Crippen molar-refractivity contribution in [2.24, 2.45) is 4.99 Å². The molecule has 2 aromatic rings. The second-order valence-electron chi connectivity index (χ2n) is 6.43. The second-order valence-corrected chi connectivity index (χ2v) is 6.43. The van der Waals surface area contributed by atoms with Gasteiger partial charge in [-0.3, -0.25) is 9.79 Å². The number of para-hydroxylation sites is 1. The highest BCUT2D eigenvalue weighted by molar-refractivity contribution is 6.08. The summed E-state index contributed by atoms with van der Waals surface area (Å²) >= 11 is 0. The minimum Gasteiger partial charge on any atom is -0.496 e. The summed E-state index contributed by atoms with van der Waals surface area (Å²) in [6.07, 6.45) is -0.467. The highest BCUT2D eigenvalue weighted by atomic mass is 16.7. The van der Waals surface area contributed by atoms with Crippen molar-refractivity contribution in [2.75, 3.05) is 7.11 Å². The minimum absolute atomic E-state index is 0.377. The first-order valence-corrected chi connectivity index (χ1v) is 8.19. The zero-order valence-electron chi connectivity index (χ0n) is 14.9. The molecule has 0 radical (unpaired) electrons. The number of methoxy groups -OCH3 is 1. The minimum atomic E-state index is -0.585. The van der Waals surface area contributed by atoms with Gasteiger partial charge < -0.3 is 9.57 Å². The number of benzene rings is 2. The Balaban J connectivity index is 2.13. The number of hydrogen-bond donors (Lipinski definition) is 0. The summed E-state index contributed by atoms with van der Waals surface area (Å²) in [5.74, 6) is 0.330. The summed E-state index contributed by atoms with van der Waals surface area (Å²) < 4.78 is 5.48. The number of carbonyl (C=O) groups is 1. The van der Waals surface area contributed by atoms with Gasteiger partial charge in [0.15, 0.2) is 6.17 Å². The molecule has 0 N–H and O–H groups in total. The lowest BCUT2D eigenvalue weighted by molar-refractivity contribution is -0.214. The van der Waals surface area contributed by atoms with Crippen LogP contribution in [0.4, 0.5) is 0 Å². The molecule has 0 aromatic heterocycles. The quantitative estimate of drug-likeness (QED) is 0.852. The molecule has 0 saturated heterocycles. The topological polar surface area (TPSA) is 51.1 Å². The van der Waals surface area contributed by atoms with Gasteiger partial charge in [0, 0.05) is 12.5 Å². The molecule has 0 fully saturated rings. The summed E-state index contributed by atoms with van der Waals surface area (Å²) in [5, 5.41) is 1.65. The summed E-state index contributed by atoms with van der Waals surface area (Å²) in [5.41, 5.74) is 2.14. The Labute approximate surface area is 147 Å². The summed E-state index contributed by atoms with van der Waals surface area (Å²) in [6, 6.07) is 17.6. The van der Waals surface area contributed by atoms with Crippen molar-refractivity contribution >= 4 is 11.7 Å². The number of ether oxygens (including phenoxy) is 1. The van der Waals surface area contributed by atoms with Crippen LogP contribution in [0.1, 0.15) is 38.1 Å². The zero-order chi connectivity index (χ0) is 18.0. The van der Waals surface area contributed by atoms with Crippen LogP contribution in [0, 0.1) is 0 Å². The van der Waals surface area contributed by atoms with Crippen LogP contribution in [-0.4, -0.2) is 29.4 Å². The molecule has 3 rings (SSSR count). The molecule has 1 atom stereocenters. The van der Waals surface area contributed by atoms with Crippen molar-refractivity contribution in [2.45, 2.75) is 32.5 Å². The SMILES string of the molecule is COc1ccccc1[C@H]1N=C(c2ccccc2)C(C)(C)N1OC(C)=O. The largest absolute Gasteiger partial charge is 0.496 e. The number of aliphatic imine (C=N–C) groups is 1. The van der Waals surface area contributed by atoms with Crippen molar-refractivity contribution in [3.8, 4) is 5.75 Å². The fraction of sp³-hybridized carbons (Fsp3) is 0.300. The normalized spacial score (nSPS) is 19.4. The monoisotopic (exact) mass is 338 g/mol. The van der Waals surface area contributed by atoms with E-state index >= 15 is 0 Å². The molecule has 0 bridgehead atoms. The zero-order valence-corrected chi connectivity index (χ0v) is 14.9. The van der Waals surface area contributed by atoms with E-state index in [1.54, 1.807) is 12.2 Å². The number of hydroxylamine groups is 2. The van der Waals surface area contributed by atoms with Crippen LogP contribution in [0.2, 0.25) is 0 Å². The van der Waals surface area contributed by atoms with Crippen molar-refractivity contribution in [1.82, 2.24) is 5.06 Å². The second kappa shape index (κ2) is 6.69. The molecular weight excluding hydrogens is 316 g/mol. The number of rotatable bonds is 4. The van der Waals surface area contributed by atoms with Gasteiger partial charge in [0.1, 0.15) is 5.75 Å². The first kappa shape index (κ1) is 17.2. The average molecular weight is 338 g/mol. The fourth-order valence-corrected chi connectivity index (χ4v) is 3.14. The number of carbonyl (C=O) groups excluding carboxylic acids is 1. The molecule has 0 spiro atoms. The van der Waals surface area contributed by atoms with Crippen LogP contribution < -0.4 is 4.74 Å². The van der Waals surface area contributed by atoms with E-state index in [4.69, 9.17) is 14.6 Å². The highest BCUT2D eigenvalue weighted by Crippen LogP contribution is 2.42. The standard InChI is InChI=1S/C20H22N2O3/c1-14(23)25-22-19(16-12-8-9-13-17(16)24-4)21-18(20(22,2)3)15-10-6-5-7-11-15/h5-13,19H,1-4H3/t19-/m0/s1. The van der Waals surface area contributed by atoms with Crippen molar-refractivity contribution in [3.63, 3.8) is 0 Å². The third kappa shape index (κ3) is 3.15. The van der Waals surface area contributed by atoms with Crippen LogP contribution in [0.5, 0.6) is 5.75 Å². The molecule has 25 heavy (non-hydrogen) atoms. The Bertz CT molecular complexity index is 800. The Morgan fingerprint density at radius 2 is 1.72 bits per heavy atom. The molecule has 130 valence electrons. The van der Waals surface area contributed by atoms with Gasteiger partial charge in [-0.25, -0.2) is 0 Å². The molecule has 2 aromatic carbocycles. The molecule has 1 aliphatic rings. The van der Waals surface area contributed by atoms with Crippen LogP contribution in [0.3, 0.4) is 0 Å².